The molecule has 5 nitrogen and oxygen atoms in total. The highest BCUT2D eigenvalue weighted by molar-refractivity contribution is 5.67. The molecular formula is C14H17N3O2. The molecule has 0 saturated carbocycles. The molecule has 1 aromatic heterocycles. The molecule has 0 atom stereocenters. The van der Waals surface area contributed by atoms with Crippen molar-refractivity contribution in [3.05, 3.63) is 46.5 Å². The van der Waals surface area contributed by atoms with Crippen LogP contribution >= 0.6 is 0 Å². The smallest absolute Gasteiger partial charge is 0.295 e. The summed E-state index contributed by atoms with van der Waals surface area (Å²) in [6.45, 7) is 4.73. The van der Waals surface area contributed by atoms with Crippen molar-refractivity contribution >= 4 is 11.5 Å². The van der Waals surface area contributed by atoms with Crippen molar-refractivity contribution in [1.29, 1.82) is 0 Å². The molecule has 100 valence electrons. The van der Waals surface area contributed by atoms with Crippen molar-refractivity contribution in [3.63, 3.8) is 0 Å². The Kier molecular flexibility index (Phi) is 3.85. The SMILES string of the molecule is CCN(c1ccccc1C)c1nc[nH]c(=O)c1OC. The average molecular weight is 259 g/mol. The topological polar surface area (TPSA) is 58.2 Å². The van der Waals surface area contributed by atoms with Crippen LogP contribution in [0.2, 0.25) is 0 Å². The fraction of sp³-hybridized carbons (Fsp3) is 0.286. The highest BCUT2D eigenvalue weighted by Crippen LogP contribution is 2.30. The van der Waals surface area contributed by atoms with E-state index in [-0.39, 0.29) is 11.3 Å². The van der Waals surface area contributed by atoms with Crippen LogP contribution in [0.3, 0.4) is 0 Å². The van der Waals surface area contributed by atoms with Crippen molar-refractivity contribution in [1.82, 2.24) is 9.97 Å². The molecule has 0 saturated heterocycles. The summed E-state index contributed by atoms with van der Waals surface area (Å²) in [6, 6.07) is 7.97. The Morgan fingerprint density at radius 3 is 2.74 bits per heavy atom. The molecule has 0 aliphatic heterocycles. The summed E-state index contributed by atoms with van der Waals surface area (Å²) in [6.07, 6.45) is 1.39. The molecule has 2 rings (SSSR count). The van der Waals surface area contributed by atoms with E-state index in [1.807, 2.05) is 43.0 Å². The number of methoxy groups -OCH3 is 1. The molecule has 1 N–H and O–H groups in total. The zero-order valence-corrected chi connectivity index (χ0v) is 11.3. The quantitative estimate of drug-likeness (QED) is 0.914. The number of hydrogen-bond donors (Lipinski definition) is 1. The van der Waals surface area contributed by atoms with Gasteiger partial charge in [-0.2, -0.15) is 0 Å². The maximum Gasteiger partial charge on any atom is 0.295 e. The second-order valence-corrected chi connectivity index (χ2v) is 4.12. The van der Waals surface area contributed by atoms with E-state index < -0.39 is 0 Å². The van der Waals surface area contributed by atoms with Crippen molar-refractivity contribution in [2.75, 3.05) is 18.6 Å². The van der Waals surface area contributed by atoms with Crippen LogP contribution in [0.15, 0.2) is 35.4 Å². The number of aryl methyl sites for hydroxylation is 1. The van der Waals surface area contributed by atoms with Gasteiger partial charge in [-0.05, 0) is 25.5 Å². The molecule has 19 heavy (non-hydrogen) atoms. The summed E-state index contributed by atoms with van der Waals surface area (Å²) < 4.78 is 5.17. The van der Waals surface area contributed by atoms with Gasteiger partial charge in [0.1, 0.15) is 0 Å². The molecule has 0 aliphatic carbocycles. The number of para-hydroxylation sites is 1. The minimum Gasteiger partial charge on any atom is -0.488 e. The molecular weight excluding hydrogens is 242 g/mol. The molecule has 0 spiro atoms. The maximum absolute atomic E-state index is 11.8. The molecule has 0 radical (unpaired) electrons. The summed E-state index contributed by atoms with van der Waals surface area (Å²) in [7, 11) is 1.47. The van der Waals surface area contributed by atoms with Gasteiger partial charge < -0.3 is 14.6 Å². The molecule has 2 aromatic rings. The molecule has 0 fully saturated rings. The van der Waals surface area contributed by atoms with E-state index in [0.29, 0.717) is 12.4 Å². The van der Waals surface area contributed by atoms with Gasteiger partial charge in [-0.25, -0.2) is 4.98 Å². The van der Waals surface area contributed by atoms with E-state index in [9.17, 15) is 4.79 Å². The Labute approximate surface area is 111 Å². The van der Waals surface area contributed by atoms with Gasteiger partial charge in [0.25, 0.3) is 5.56 Å². The second kappa shape index (κ2) is 5.56. The van der Waals surface area contributed by atoms with Crippen LogP contribution in [0.4, 0.5) is 11.5 Å². The summed E-state index contributed by atoms with van der Waals surface area (Å²) >= 11 is 0. The number of rotatable bonds is 4. The molecule has 0 amide bonds. The number of nitrogens with zero attached hydrogens (tertiary/aromatic N) is 2. The number of benzene rings is 1. The zero-order chi connectivity index (χ0) is 13.8. The van der Waals surface area contributed by atoms with Crippen molar-refractivity contribution in [2.45, 2.75) is 13.8 Å². The largest absolute Gasteiger partial charge is 0.488 e. The Morgan fingerprint density at radius 2 is 2.11 bits per heavy atom. The van der Waals surface area contributed by atoms with E-state index in [4.69, 9.17) is 4.74 Å². The average Bonchev–Trinajstić information content (AvgIpc) is 2.42. The summed E-state index contributed by atoms with van der Waals surface area (Å²) in [5, 5.41) is 0. The zero-order valence-electron chi connectivity index (χ0n) is 11.3. The van der Waals surface area contributed by atoms with Crippen LogP contribution in [0.5, 0.6) is 5.75 Å². The van der Waals surface area contributed by atoms with E-state index in [1.54, 1.807) is 0 Å². The first-order chi connectivity index (χ1) is 9.19. The maximum atomic E-state index is 11.8. The number of aromatic amines is 1. The minimum atomic E-state index is -0.278. The van der Waals surface area contributed by atoms with Crippen molar-refractivity contribution < 1.29 is 4.74 Å². The van der Waals surface area contributed by atoms with Gasteiger partial charge in [0.2, 0.25) is 5.75 Å². The van der Waals surface area contributed by atoms with E-state index in [1.165, 1.54) is 13.4 Å². The lowest BCUT2D eigenvalue weighted by atomic mass is 10.2. The lowest BCUT2D eigenvalue weighted by Crippen LogP contribution is -2.23. The number of anilines is 2. The molecule has 1 heterocycles. The van der Waals surface area contributed by atoms with Crippen LogP contribution in [0, 0.1) is 6.92 Å². The third-order valence-corrected chi connectivity index (χ3v) is 2.97. The summed E-state index contributed by atoms with van der Waals surface area (Å²) in [5.41, 5.74) is 1.86. The van der Waals surface area contributed by atoms with Gasteiger partial charge >= 0.3 is 0 Å². The van der Waals surface area contributed by atoms with Crippen LogP contribution in [-0.4, -0.2) is 23.6 Å². The number of hydrogen-bond acceptors (Lipinski definition) is 4. The fourth-order valence-corrected chi connectivity index (χ4v) is 2.05. The van der Waals surface area contributed by atoms with Gasteiger partial charge in [-0.15, -0.1) is 0 Å². The van der Waals surface area contributed by atoms with Crippen LogP contribution in [0.25, 0.3) is 0 Å². The Bertz CT molecular complexity index is 622. The molecule has 0 bridgehead atoms. The Morgan fingerprint density at radius 1 is 1.37 bits per heavy atom. The van der Waals surface area contributed by atoms with Gasteiger partial charge in [0, 0.05) is 12.2 Å². The third kappa shape index (κ3) is 2.45. The number of H-pyrrole nitrogens is 1. The number of ether oxygens (including phenoxy) is 1. The lowest BCUT2D eigenvalue weighted by Gasteiger charge is -2.24. The molecule has 0 aliphatic rings. The fourth-order valence-electron chi connectivity index (χ4n) is 2.05. The first-order valence-electron chi connectivity index (χ1n) is 6.13. The van der Waals surface area contributed by atoms with Crippen LogP contribution < -0.4 is 15.2 Å². The minimum absolute atomic E-state index is 0.229. The van der Waals surface area contributed by atoms with E-state index >= 15 is 0 Å². The van der Waals surface area contributed by atoms with Crippen molar-refractivity contribution in [3.8, 4) is 5.75 Å². The Hall–Kier alpha value is -2.30. The molecule has 5 heteroatoms. The lowest BCUT2D eigenvalue weighted by molar-refractivity contribution is 0.406. The Balaban J connectivity index is 2.58. The van der Waals surface area contributed by atoms with Crippen LogP contribution in [0.1, 0.15) is 12.5 Å². The molecule has 1 aromatic carbocycles. The van der Waals surface area contributed by atoms with Crippen molar-refractivity contribution in [2.24, 2.45) is 0 Å². The highest BCUT2D eigenvalue weighted by Gasteiger charge is 2.17. The predicted octanol–water partition coefficient (Wildman–Crippen LogP) is 2.24. The van der Waals surface area contributed by atoms with Gasteiger partial charge in [0.15, 0.2) is 5.82 Å². The van der Waals surface area contributed by atoms with Gasteiger partial charge in [-0.1, -0.05) is 18.2 Å². The van der Waals surface area contributed by atoms with Crippen LogP contribution in [-0.2, 0) is 0 Å². The summed E-state index contributed by atoms with van der Waals surface area (Å²) in [5.74, 6) is 0.760. The number of nitrogens with one attached hydrogen (secondary N) is 1. The third-order valence-electron chi connectivity index (χ3n) is 2.97. The monoisotopic (exact) mass is 259 g/mol. The predicted molar refractivity (Wildman–Crippen MR) is 75.3 cm³/mol. The van der Waals surface area contributed by atoms with E-state index in [0.717, 1.165) is 11.3 Å². The standard InChI is InChI=1S/C14H17N3O2/c1-4-17(11-8-6-5-7-10(11)2)13-12(19-3)14(18)16-9-15-13/h5-9H,4H2,1-3H3,(H,15,16,18). The summed E-state index contributed by atoms with van der Waals surface area (Å²) in [4.78, 5) is 20.5. The highest BCUT2D eigenvalue weighted by atomic mass is 16.5. The second-order valence-electron chi connectivity index (χ2n) is 4.12. The first-order valence-corrected chi connectivity index (χ1v) is 6.13. The van der Waals surface area contributed by atoms with E-state index in [2.05, 4.69) is 9.97 Å². The first kappa shape index (κ1) is 13.1. The van der Waals surface area contributed by atoms with Gasteiger partial charge in [0.05, 0.1) is 13.4 Å². The molecule has 0 unspecified atom stereocenters. The van der Waals surface area contributed by atoms with Gasteiger partial charge in [-0.3, -0.25) is 4.79 Å². The normalized spacial score (nSPS) is 10.3. The number of aromatic nitrogens is 2.